The molecule has 0 rings (SSSR count). The van der Waals surface area contributed by atoms with Crippen molar-refractivity contribution < 1.29 is 27.8 Å². The lowest BCUT2D eigenvalue weighted by atomic mass is 10.3. The molecule has 0 heterocycles. The first-order chi connectivity index (χ1) is 7.97. The van der Waals surface area contributed by atoms with E-state index in [4.69, 9.17) is 0 Å². The summed E-state index contributed by atoms with van der Waals surface area (Å²) in [6.45, 7) is 2.57. The normalized spacial score (nSPS) is 12.3. The summed E-state index contributed by atoms with van der Waals surface area (Å²) >= 11 is 0. The number of halogens is 2. The summed E-state index contributed by atoms with van der Waals surface area (Å²) < 4.78 is 32.6. The Balaban J connectivity index is 3.67. The van der Waals surface area contributed by atoms with Gasteiger partial charge >= 0.3 is 5.97 Å². The maximum Gasteiger partial charge on any atom is 0.328 e. The molecule has 0 aliphatic rings. The van der Waals surface area contributed by atoms with E-state index in [9.17, 15) is 18.4 Å². The number of esters is 1. The van der Waals surface area contributed by atoms with E-state index >= 15 is 0 Å². The molecule has 0 aliphatic carbocycles. The number of hydrogen-bond acceptors (Lipinski definition) is 4. The summed E-state index contributed by atoms with van der Waals surface area (Å²) in [7, 11) is 0. The third-order valence-electron chi connectivity index (χ3n) is 1.73. The van der Waals surface area contributed by atoms with Crippen LogP contribution in [-0.2, 0) is 19.1 Å². The second-order valence-corrected chi connectivity index (χ2v) is 3.26. The van der Waals surface area contributed by atoms with Gasteiger partial charge in [0.25, 0.3) is 6.43 Å². The van der Waals surface area contributed by atoms with Crippen LogP contribution >= 0.6 is 0 Å². The van der Waals surface area contributed by atoms with Crippen LogP contribution in [0.1, 0.15) is 20.3 Å². The summed E-state index contributed by atoms with van der Waals surface area (Å²) in [6, 6.07) is -0.752. The largest absolute Gasteiger partial charge is 0.464 e. The smallest absolute Gasteiger partial charge is 0.328 e. The van der Waals surface area contributed by atoms with Gasteiger partial charge in [-0.05, 0) is 13.8 Å². The van der Waals surface area contributed by atoms with Crippen LogP contribution in [0.3, 0.4) is 0 Å². The summed E-state index contributed by atoms with van der Waals surface area (Å²) in [5.41, 5.74) is 0. The first-order valence-electron chi connectivity index (χ1n) is 5.29. The molecule has 0 aromatic rings. The fourth-order valence-electron chi connectivity index (χ4n) is 0.977. The lowest BCUT2D eigenvalue weighted by Crippen LogP contribution is -2.39. The zero-order chi connectivity index (χ0) is 13.3. The molecule has 1 atom stereocenters. The molecule has 0 bridgehead atoms. The number of carbonyl (C=O) groups is 2. The molecule has 17 heavy (non-hydrogen) atoms. The standard InChI is InChI=1S/C10H17F2NO4/c1-3-17-10(15)7(2)13-9(14)4-5-16-6-8(11)12/h7-8H,3-6H2,1-2H3,(H,13,14). The summed E-state index contributed by atoms with van der Waals surface area (Å²) in [5, 5.41) is 2.37. The Morgan fingerprint density at radius 2 is 2.00 bits per heavy atom. The molecule has 0 aliphatic heterocycles. The fraction of sp³-hybridized carbons (Fsp3) is 0.800. The highest BCUT2D eigenvalue weighted by atomic mass is 19.3. The van der Waals surface area contributed by atoms with Gasteiger partial charge in [-0.2, -0.15) is 0 Å². The SMILES string of the molecule is CCOC(=O)C(C)NC(=O)CCOCC(F)F. The number of rotatable bonds is 8. The molecule has 1 amide bonds. The Hall–Kier alpha value is -1.24. The predicted octanol–water partition coefficient (Wildman–Crippen LogP) is 0.726. The van der Waals surface area contributed by atoms with Crippen LogP contribution in [0.15, 0.2) is 0 Å². The number of ether oxygens (including phenoxy) is 2. The van der Waals surface area contributed by atoms with Crippen LogP contribution < -0.4 is 5.32 Å². The van der Waals surface area contributed by atoms with E-state index in [-0.39, 0.29) is 19.6 Å². The molecule has 0 saturated carbocycles. The van der Waals surface area contributed by atoms with Crippen molar-refractivity contribution in [3.05, 3.63) is 0 Å². The topological polar surface area (TPSA) is 64.6 Å². The van der Waals surface area contributed by atoms with Gasteiger partial charge in [0.15, 0.2) is 0 Å². The van der Waals surface area contributed by atoms with Crippen molar-refractivity contribution in [2.75, 3.05) is 19.8 Å². The Morgan fingerprint density at radius 3 is 2.53 bits per heavy atom. The minimum absolute atomic E-state index is 0.0730. The highest BCUT2D eigenvalue weighted by Gasteiger charge is 2.16. The second kappa shape index (κ2) is 8.86. The number of nitrogens with one attached hydrogen (secondary N) is 1. The molecular formula is C10H17F2NO4. The first kappa shape index (κ1) is 15.8. The van der Waals surface area contributed by atoms with E-state index in [2.05, 4.69) is 14.8 Å². The van der Waals surface area contributed by atoms with Gasteiger partial charge in [0, 0.05) is 6.42 Å². The van der Waals surface area contributed by atoms with Gasteiger partial charge in [0.1, 0.15) is 12.6 Å². The molecule has 0 saturated heterocycles. The predicted molar refractivity (Wildman–Crippen MR) is 55.7 cm³/mol. The van der Waals surface area contributed by atoms with Gasteiger partial charge in [-0.3, -0.25) is 4.79 Å². The maximum absolute atomic E-state index is 11.7. The average molecular weight is 253 g/mol. The van der Waals surface area contributed by atoms with Gasteiger partial charge in [-0.15, -0.1) is 0 Å². The van der Waals surface area contributed by atoms with Crippen molar-refractivity contribution in [1.29, 1.82) is 0 Å². The first-order valence-corrected chi connectivity index (χ1v) is 5.29. The minimum atomic E-state index is -2.54. The highest BCUT2D eigenvalue weighted by Crippen LogP contribution is 1.94. The van der Waals surface area contributed by atoms with Crippen LogP contribution in [0.2, 0.25) is 0 Å². The quantitative estimate of drug-likeness (QED) is 0.511. The molecule has 7 heteroatoms. The van der Waals surface area contributed by atoms with E-state index in [1.807, 2.05) is 0 Å². The maximum atomic E-state index is 11.7. The molecule has 1 unspecified atom stereocenters. The molecule has 0 fully saturated rings. The number of alkyl halides is 2. The second-order valence-electron chi connectivity index (χ2n) is 3.26. The highest BCUT2D eigenvalue weighted by molar-refractivity contribution is 5.84. The van der Waals surface area contributed by atoms with Crippen LogP contribution in [0.5, 0.6) is 0 Å². The third-order valence-corrected chi connectivity index (χ3v) is 1.73. The third kappa shape index (κ3) is 8.56. The van der Waals surface area contributed by atoms with Crippen LogP contribution in [0, 0.1) is 0 Å². The van der Waals surface area contributed by atoms with Crippen molar-refractivity contribution in [2.24, 2.45) is 0 Å². The van der Waals surface area contributed by atoms with Gasteiger partial charge in [0.05, 0.1) is 13.2 Å². The molecule has 0 aromatic heterocycles. The van der Waals surface area contributed by atoms with Gasteiger partial charge in [0.2, 0.25) is 5.91 Å². The Morgan fingerprint density at radius 1 is 1.35 bits per heavy atom. The van der Waals surface area contributed by atoms with E-state index in [1.165, 1.54) is 6.92 Å². The number of amides is 1. The lowest BCUT2D eigenvalue weighted by Gasteiger charge is -2.12. The summed E-state index contributed by atoms with van der Waals surface area (Å²) in [5.74, 6) is -0.978. The Bertz CT molecular complexity index is 248. The van der Waals surface area contributed by atoms with Gasteiger partial charge in [-0.1, -0.05) is 0 Å². The zero-order valence-electron chi connectivity index (χ0n) is 9.87. The Kier molecular flexibility index (Phi) is 8.21. The van der Waals surface area contributed by atoms with Gasteiger partial charge in [-0.25, -0.2) is 13.6 Å². The number of hydrogen-bond donors (Lipinski definition) is 1. The van der Waals surface area contributed by atoms with E-state index in [1.54, 1.807) is 6.92 Å². The van der Waals surface area contributed by atoms with Crippen molar-refractivity contribution in [3.8, 4) is 0 Å². The van der Waals surface area contributed by atoms with Crippen molar-refractivity contribution in [2.45, 2.75) is 32.7 Å². The molecule has 100 valence electrons. The van der Waals surface area contributed by atoms with Crippen LogP contribution in [-0.4, -0.2) is 44.2 Å². The van der Waals surface area contributed by atoms with E-state index in [0.29, 0.717) is 0 Å². The van der Waals surface area contributed by atoms with Crippen molar-refractivity contribution in [1.82, 2.24) is 5.32 Å². The van der Waals surface area contributed by atoms with Gasteiger partial charge < -0.3 is 14.8 Å². The molecule has 0 radical (unpaired) electrons. The molecule has 1 N–H and O–H groups in total. The lowest BCUT2D eigenvalue weighted by molar-refractivity contribution is -0.147. The minimum Gasteiger partial charge on any atom is -0.464 e. The van der Waals surface area contributed by atoms with Crippen LogP contribution in [0.25, 0.3) is 0 Å². The molecule has 0 spiro atoms. The van der Waals surface area contributed by atoms with Crippen molar-refractivity contribution in [3.63, 3.8) is 0 Å². The summed E-state index contributed by atoms with van der Waals surface area (Å²) in [4.78, 5) is 22.4. The molecular weight excluding hydrogens is 236 g/mol. The monoisotopic (exact) mass is 253 g/mol. The Labute approximate surface area is 98.5 Å². The fourth-order valence-corrected chi connectivity index (χ4v) is 0.977. The summed E-state index contributed by atoms with van der Waals surface area (Å²) in [6.07, 6.45) is -2.62. The van der Waals surface area contributed by atoms with E-state index in [0.717, 1.165) is 0 Å². The van der Waals surface area contributed by atoms with E-state index < -0.39 is 31.0 Å². The van der Waals surface area contributed by atoms with Crippen LogP contribution in [0.4, 0.5) is 8.78 Å². The molecule has 0 aromatic carbocycles. The number of carbonyl (C=O) groups excluding carboxylic acids is 2. The zero-order valence-corrected chi connectivity index (χ0v) is 9.87. The average Bonchev–Trinajstić information content (AvgIpc) is 2.24. The molecule has 5 nitrogen and oxygen atoms in total. The van der Waals surface area contributed by atoms with Crippen molar-refractivity contribution >= 4 is 11.9 Å².